The number of rotatable bonds is 7. The third-order valence-electron chi connectivity index (χ3n) is 12.0. The Morgan fingerprint density at radius 2 is 1.00 bits per heavy atom. The number of oxazole rings is 1. The quantitative estimate of drug-likeness (QED) is 0.151. The number of aromatic nitrogens is 2. The Hall–Kier alpha value is -8.21. The highest BCUT2D eigenvalue weighted by atomic mass is 16.3. The minimum Gasteiger partial charge on any atom is -0.435 e. The SMILES string of the molecule is c1ccc(-c2ccc(N(c3ccccc3)c3ccc4c(-c5ccc6c(c5)c5ccccc5n6-c5ccccc5)cc5ccc6nc(-c7ccccc7)oc6c5c4c3)cc2)cc1. The molecule has 12 rings (SSSR count). The molecule has 4 nitrogen and oxygen atoms in total. The molecule has 0 bridgehead atoms. The van der Waals surface area contributed by atoms with E-state index in [1.54, 1.807) is 0 Å². The maximum absolute atomic E-state index is 6.77. The molecule has 286 valence electrons. The molecule has 61 heavy (non-hydrogen) atoms. The highest BCUT2D eigenvalue weighted by molar-refractivity contribution is 6.23. The van der Waals surface area contributed by atoms with E-state index in [0.29, 0.717) is 5.89 Å². The predicted octanol–water partition coefficient (Wildman–Crippen LogP) is 15.7. The largest absolute Gasteiger partial charge is 0.435 e. The number of fused-ring (bicyclic) bond motifs is 8. The van der Waals surface area contributed by atoms with Crippen LogP contribution in [0.3, 0.4) is 0 Å². The summed E-state index contributed by atoms with van der Waals surface area (Å²) in [7, 11) is 0. The molecule has 2 aromatic heterocycles. The molecule has 0 saturated heterocycles. The molecule has 0 fully saturated rings. The maximum Gasteiger partial charge on any atom is 0.227 e. The Kier molecular flexibility index (Phi) is 8.13. The first kappa shape index (κ1) is 34.8. The Bertz CT molecular complexity index is 3560. The highest BCUT2D eigenvalue weighted by Gasteiger charge is 2.21. The Labute approximate surface area is 352 Å². The zero-order valence-electron chi connectivity index (χ0n) is 33.1. The summed E-state index contributed by atoms with van der Waals surface area (Å²) in [4.78, 5) is 7.36. The maximum atomic E-state index is 6.77. The molecule has 0 spiro atoms. The van der Waals surface area contributed by atoms with Gasteiger partial charge in [-0.15, -0.1) is 0 Å². The fourth-order valence-corrected chi connectivity index (χ4v) is 9.15. The van der Waals surface area contributed by atoms with Crippen LogP contribution in [0.2, 0.25) is 0 Å². The number of para-hydroxylation sites is 3. The lowest BCUT2D eigenvalue weighted by molar-refractivity contribution is 0.623. The molecule has 12 aromatic rings. The van der Waals surface area contributed by atoms with Crippen molar-refractivity contribution < 1.29 is 4.42 Å². The second-order valence-corrected chi connectivity index (χ2v) is 15.6. The summed E-state index contributed by atoms with van der Waals surface area (Å²) < 4.78 is 9.14. The number of hydrogen-bond acceptors (Lipinski definition) is 3. The van der Waals surface area contributed by atoms with Crippen LogP contribution < -0.4 is 4.90 Å². The molecule has 0 N–H and O–H groups in total. The number of anilines is 3. The topological polar surface area (TPSA) is 34.2 Å². The smallest absolute Gasteiger partial charge is 0.227 e. The van der Waals surface area contributed by atoms with Crippen LogP contribution in [0, 0.1) is 0 Å². The van der Waals surface area contributed by atoms with Gasteiger partial charge in [-0.1, -0.05) is 133 Å². The van der Waals surface area contributed by atoms with Crippen LogP contribution in [-0.4, -0.2) is 9.55 Å². The van der Waals surface area contributed by atoms with Crippen LogP contribution in [0.5, 0.6) is 0 Å². The second-order valence-electron chi connectivity index (χ2n) is 15.6. The minimum absolute atomic E-state index is 0.612. The lowest BCUT2D eigenvalue weighted by atomic mass is 9.91. The van der Waals surface area contributed by atoms with Crippen LogP contribution in [0.15, 0.2) is 229 Å². The van der Waals surface area contributed by atoms with Crippen LogP contribution in [0.4, 0.5) is 17.1 Å². The van der Waals surface area contributed by atoms with Crippen LogP contribution in [-0.2, 0) is 0 Å². The molecule has 0 aliphatic rings. The molecule has 0 atom stereocenters. The summed E-state index contributed by atoms with van der Waals surface area (Å²) in [5, 5.41) is 6.81. The molecular formula is C57H37N3O. The third kappa shape index (κ3) is 5.88. The van der Waals surface area contributed by atoms with Crippen molar-refractivity contribution in [3.8, 4) is 39.4 Å². The molecule has 0 amide bonds. The summed E-state index contributed by atoms with van der Waals surface area (Å²) in [6.07, 6.45) is 0. The average molecular weight is 780 g/mol. The van der Waals surface area contributed by atoms with Gasteiger partial charge in [-0.3, -0.25) is 0 Å². The van der Waals surface area contributed by atoms with E-state index in [1.807, 2.05) is 30.3 Å². The molecule has 2 heterocycles. The van der Waals surface area contributed by atoms with E-state index in [1.165, 1.54) is 32.9 Å². The monoisotopic (exact) mass is 779 g/mol. The number of nitrogens with zero attached hydrogens (tertiary/aromatic N) is 3. The summed E-state index contributed by atoms with van der Waals surface area (Å²) in [6.45, 7) is 0. The predicted molar refractivity (Wildman–Crippen MR) is 254 cm³/mol. The van der Waals surface area contributed by atoms with Gasteiger partial charge in [0.15, 0.2) is 5.58 Å². The van der Waals surface area contributed by atoms with Gasteiger partial charge in [-0.2, -0.15) is 0 Å². The van der Waals surface area contributed by atoms with E-state index in [4.69, 9.17) is 9.40 Å². The van der Waals surface area contributed by atoms with Crippen molar-refractivity contribution in [3.63, 3.8) is 0 Å². The molecule has 0 unspecified atom stereocenters. The number of hydrogen-bond donors (Lipinski definition) is 0. The van der Waals surface area contributed by atoms with Gasteiger partial charge >= 0.3 is 0 Å². The van der Waals surface area contributed by atoms with Crippen molar-refractivity contribution >= 4 is 71.5 Å². The summed E-state index contributed by atoms with van der Waals surface area (Å²) >= 11 is 0. The van der Waals surface area contributed by atoms with Gasteiger partial charge in [0.2, 0.25) is 5.89 Å². The van der Waals surface area contributed by atoms with E-state index < -0.39 is 0 Å². The second kappa shape index (κ2) is 14.3. The van der Waals surface area contributed by atoms with E-state index in [2.05, 4.69) is 204 Å². The third-order valence-corrected chi connectivity index (χ3v) is 12.0. The van der Waals surface area contributed by atoms with Crippen molar-refractivity contribution in [2.24, 2.45) is 0 Å². The van der Waals surface area contributed by atoms with Gasteiger partial charge in [0.05, 0.1) is 11.0 Å². The molecule has 0 radical (unpaired) electrons. The first-order chi connectivity index (χ1) is 30.2. The number of benzene rings is 10. The molecule has 0 aliphatic carbocycles. The summed E-state index contributed by atoms with van der Waals surface area (Å²) in [5.41, 5.74) is 14.0. The van der Waals surface area contributed by atoms with E-state index in [-0.39, 0.29) is 0 Å². The Morgan fingerprint density at radius 1 is 0.393 bits per heavy atom. The van der Waals surface area contributed by atoms with Gasteiger partial charge in [-0.05, 0) is 129 Å². The zero-order valence-corrected chi connectivity index (χ0v) is 33.1. The lowest BCUT2D eigenvalue weighted by Crippen LogP contribution is -2.09. The molecule has 4 heteroatoms. The standard InChI is InChI=1S/C57H37N3O/c1-5-15-38(16-6-1)39-25-29-45(30-26-39)59(43-19-9-3-10-20-43)46-31-32-47-49(36-42-27-33-52-56(55(42)51(47)37-46)61-57(58-52)40-17-7-2-8-18-40)41-28-34-54-50(35-41)48-23-13-14-24-53(48)60(54)44-21-11-4-12-22-44/h1-37H. The van der Waals surface area contributed by atoms with E-state index >= 15 is 0 Å². The van der Waals surface area contributed by atoms with Crippen LogP contribution in [0.1, 0.15) is 0 Å². The minimum atomic E-state index is 0.612. The first-order valence-corrected chi connectivity index (χ1v) is 20.7. The fraction of sp³-hybridized carbons (Fsp3) is 0. The van der Waals surface area contributed by atoms with Crippen molar-refractivity contribution in [1.82, 2.24) is 9.55 Å². The van der Waals surface area contributed by atoms with Crippen molar-refractivity contribution in [3.05, 3.63) is 224 Å². The Morgan fingerprint density at radius 3 is 1.77 bits per heavy atom. The van der Waals surface area contributed by atoms with Gasteiger partial charge in [0.25, 0.3) is 0 Å². The van der Waals surface area contributed by atoms with Crippen molar-refractivity contribution in [1.29, 1.82) is 0 Å². The van der Waals surface area contributed by atoms with Crippen LogP contribution in [0.25, 0.3) is 93.8 Å². The van der Waals surface area contributed by atoms with Gasteiger partial charge < -0.3 is 13.9 Å². The fourth-order valence-electron chi connectivity index (χ4n) is 9.15. The summed E-state index contributed by atoms with van der Waals surface area (Å²) in [5.74, 6) is 0.612. The van der Waals surface area contributed by atoms with Crippen LogP contribution >= 0.6 is 0 Å². The van der Waals surface area contributed by atoms with Gasteiger partial charge in [-0.25, -0.2) is 4.98 Å². The average Bonchev–Trinajstić information content (AvgIpc) is 3.92. The summed E-state index contributed by atoms with van der Waals surface area (Å²) in [6, 6.07) is 80.0. The van der Waals surface area contributed by atoms with E-state index in [9.17, 15) is 0 Å². The van der Waals surface area contributed by atoms with Gasteiger partial charge in [0.1, 0.15) is 5.52 Å². The molecule has 10 aromatic carbocycles. The first-order valence-electron chi connectivity index (χ1n) is 20.7. The molecule has 0 aliphatic heterocycles. The Balaban J connectivity index is 1.10. The highest BCUT2D eigenvalue weighted by Crippen LogP contribution is 2.45. The zero-order chi connectivity index (χ0) is 40.3. The van der Waals surface area contributed by atoms with Gasteiger partial charge in [0, 0.05) is 44.5 Å². The van der Waals surface area contributed by atoms with Crippen molar-refractivity contribution in [2.75, 3.05) is 4.90 Å². The molecule has 0 saturated carbocycles. The van der Waals surface area contributed by atoms with Crippen molar-refractivity contribution in [2.45, 2.75) is 0 Å². The lowest BCUT2D eigenvalue weighted by Gasteiger charge is -2.26. The normalized spacial score (nSPS) is 11.6. The molecular weight excluding hydrogens is 743 g/mol. The van der Waals surface area contributed by atoms with E-state index in [0.717, 1.165) is 72.1 Å².